The van der Waals surface area contributed by atoms with Gasteiger partial charge < -0.3 is 4.90 Å². The Hall–Kier alpha value is -2.49. The minimum absolute atomic E-state index is 0.00598. The highest BCUT2D eigenvalue weighted by Gasteiger charge is 2.31. The standard InChI is InChI=1S/C17H16ClN3O5S/c18-16-12-13(21(23)24)6-7-15(16)17(22)19-8-10-20(11-9-19)27(25,26)14-4-2-1-3-5-14/h1-7,12H,8-11H2. The number of carbonyl (C=O) groups excluding carboxylic acids is 1. The van der Waals surface area contributed by atoms with Crippen LogP contribution in [-0.4, -0.2) is 54.6 Å². The third-order valence-corrected chi connectivity index (χ3v) is 6.53. The van der Waals surface area contributed by atoms with Crippen LogP contribution in [0.1, 0.15) is 10.4 Å². The van der Waals surface area contributed by atoms with Crippen molar-refractivity contribution in [1.82, 2.24) is 9.21 Å². The van der Waals surface area contributed by atoms with Crippen molar-refractivity contribution in [3.05, 3.63) is 69.2 Å². The summed E-state index contributed by atoms with van der Waals surface area (Å²) in [5.74, 6) is -0.383. The second kappa shape index (κ2) is 7.63. The zero-order valence-electron chi connectivity index (χ0n) is 14.1. The van der Waals surface area contributed by atoms with Gasteiger partial charge in [0.1, 0.15) is 0 Å². The molecular formula is C17H16ClN3O5S. The van der Waals surface area contributed by atoms with Gasteiger partial charge in [0.15, 0.2) is 0 Å². The first-order valence-corrected chi connectivity index (χ1v) is 9.91. The van der Waals surface area contributed by atoms with E-state index in [9.17, 15) is 23.3 Å². The lowest BCUT2D eigenvalue weighted by Gasteiger charge is -2.34. The molecule has 1 heterocycles. The number of nitrogens with zero attached hydrogens (tertiary/aromatic N) is 3. The van der Waals surface area contributed by atoms with Crippen LogP contribution >= 0.6 is 11.6 Å². The van der Waals surface area contributed by atoms with Gasteiger partial charge in [-0.1, -0.05) is 29.8 Å². The van der Waals surface area contributed by atoms with Gasteiger partial charge in [0, 0.05) is 38.3 Å². The number of benzene rings is 2. The summed E-state index contributed by atoms with van der Waals surface area (Å²) in [5.41, 5.74) is -0.0445. The van der Waals surface area contributed by atoms with Gasteiger partial charge in [0.25, 0.3) is 11.6 Å². The maximum Gasteiger partial charge on any atom is 0.270 e. The quantitative estimate of drug-likeness (QED) is 0.570. The van der Waals surface area contributed by atoms with E-state index in [2.05, 4.69) is 0 Å². The van der Waals surface area contributed by atoms with E-state index in [-0.39, 0.29) is 53.3 Å². The molecule has 0 saturated carbocycles. The Balaban J connectivity index is 1.71. The molecule has 8 nitrogen and oxygen atoms in total. The summed E-state index contributed by atoms with van der Waals surface area (Å²) >= 11 is 6.01. The summed E-state index contributed by atoms with van der Waals surface area (Å²) in [6.45, 7) is 0.734. The van der Waals surface area contributed by atoms with E-state index in [0.29, 0.717) is 0 Å². The van der Waals surface area contributed by atoms with E-state index in [0.717, 1.165) is 6.07 Å². The Morgan fingerprint density at radius 1 is 1.04 bits per heavy atom. The molecule has 0 bridgehead atoms. The maximum absolute atomic E-state index is 12.6. The zero-order valence-corrected chi connectivity index (χ0v) is 15.7. The molecule has 0 spiro atoms. The molecule has 0 radical (unpaired) electrons. The third-order valence-electron chi connectivity index (χ3n) is 4.30. The lowest BCUT2D eigenvalue weighted by atomic mass is 10.1. The van der Waals surface area contributed by atoms with Crippen LogP contribution in [0, 0.1) is 10.1 Å². The van der Waals surface area contributed by atoms with E-state index in [1.165, 1.54) is 33.5 Å². The predicted molar refractivity (Wildman–Crippen MR) is 99.2 cm³/mol. The summed E-state index contributed by atoms with van der Waals surface area (Å²) in [7, 11) is -3.60. The number of piperazine rings is 1. The number of amides is 1. The second-order valence-electron chi connectivity index (χ2n) is 5.93. The molecule has 3 rings (SSSR count). The molecule has 1 aliphatic rings. The molecule has 0 aliphatic carbocycles. The van der Waals surface area contributed by atoms with Crippen molar-refractivity contribution in [2.75, 3.05) is 26.2 Å². The number of carbonyl (C=O) groups is 1. The van der Waals surface area contributed by atoms with E-state index >= 15 is 0 Å². The number of non-ortho nitro benzene ring substituents is 1. The van der Waals surface area contributed by atoms with E-state index in [4.69, 9.17) is 11.6 Å². The molecule has 142 valence electrons. The van der Waals surface area contributed by atoms with Gasteiger partial charge in [-0.3, -0.25) is 14.9 Å². The topological polar surface area (TPSA) is 101 Å². The van der Waals surface area contributed by atoms with Gasteiger partial charge in [-0.05, 0) is 18.2 Å². The summed E-state index contributed by atoms with van der Waals surface area (Å²) < 4.78 is 26.6. The van der Waals surface area contributed by atoms with Gasteiger partial charge in [0.2, 0.25) is 10.0 Å². The van der Waals surface area contributed by atoms with E-state index in [1.807, 2.05) is 0 Å². The minimum Gasteiger partial charge on any atom is -0.336 e. The van der Waals surface area contributed by atoms with Gasteiger partial charge in [0.05, 0.1) is 20.4 Å². The van der Waals surface area contributed by atoms with Crippen LogP contribution in [-0.2, 0) is 10.0 Å². The number of rotatable bonds is 4. The molecule has 10 heteroatoms. The summed E-state index contributed by atoms with van der Waals surface area (Å²) in [6.07, 6.45) is 0. The smallest absolute Gasteiger partial charge is 0.270 e. The Labute approximate surface area is 161 Å². The number of nitro groups is 1. The fraction of sp³-hybridized carbons (Fsp3) is 0.235. The number of sulfonamides is 1. The number of hydrogen-bond acceptors (Lipinski definition) is 5. The van der Waals surface area contributed by atoms with Crippen molar-refractivity contribution in [3.8, 4) is 0 Å². The van der Waals surface area contributed by atoms with Gasteiger partial charge in [-0.2, -0.15) is 4.31 Å². The second-order valence-corrected chi connectivity index (χ2v) is 8.28. The van der Waals surface area contributed by atoms with Crippen LogP contribution in [0.25, 0.3) is 0 Å². The van der Waals surface area contributed by atoms with Crippen LogP contribution in [0.2, 0.25) is 5.02 Å². The van der Waals surface area contributed by atoms with Crippen molar-refractivity contribution >= 4 is 33.2 Å². The fourth-order valence-corrected chi connectivity index (χ4v) is 4.53. The monoisotopic (exact) mass is 409 g/mol. The van der Waals surface area contributed by atoms with Crippen LogP contribution in [0.15, 0.2) is 53.4 Å². The molecule has 1 amide bonds. The largest absolute Gasteiger partial charge is 0.336 e. The van der Waals surface area contributed by atoms with Crippen LogP contribution < -0.4 is 0 Å². The van der Waals surface area contributed by atoms with Crippen LogP contribution in [0.4, 0.5) is 5.69 Å². The predicted octanol–water partition coefficient (Wildman–Crippen LogP) is 2.39. The normalized spacial score (nSPS) is 15.5. The van der Waals surface area contributed by atoms with Crippen LogP contribution in [0.3, 0.4) is 0 Å². The molecule has 0 atom stereocenters. The Morgan fingerprint density at radius 2 is 1.67 bits per heavy atom. The first-order chi connectivity index (χ1) is 12.8. The lowest BCUT2D eigenvalue weighted by molar-refractivity contribution is -0.384. The molecule has 1 saturated heterocycles. The fourth-order valence-electron chi connectivity index (χ4n) is 2.83. The van der Waals surface area contributed by atoms with Crippen molar-refractivity contribution in [2.24, 2.45) is 0 Å². The Bertz CT molecular complexity index is 973. The molecule has 2 aromatic carbocycles. The summed E-state index contributed by atoms with van der Waals surface area (Å²) in [4.78, 5) is 24.5. The molecule has 0 N–H and O–H groups in total. The third kappa shape index (κ3) is 3.95. The van der Waals surface area contributed by atoms with Crippen molar-refractivity contribution in [1.29, 1.82) is 0 Å². The highest BCUT2D eigenvalue weighted by molar-refractivity contribution is 7.89. The van der Waals surface area contributed by atoms with Gasteiger partial charge in [-0.15, -0.1) is 0 Å². The molecule has 0 unspecified atom stereocenters. The molecule has 1 fully saturated rings. The Kier molecular flexibility index (Phi) is 5.45. The SMILES string of the molecule is O=C(c1ccc([N+](=O)[O-])cc1Cl)N1CCN(S(=O)(=O)c2ccccc2)CC1. The van der Waals surface area contributed by atoms with Crippen molar-refractivity contribution < 1.29 is 18.1 Å². The lowest BCUT2D eigenvalue weighted by Crippen LogP contribution is -2.50. The zero-order chi connectivity index (χ0) is 19.6. The first-order valence-electron chi connectivity index (χ1n) is 8.09. The van der Waals surface area contributed by atoms with E-state index in [1.54, 1.807) is 18.2 Å². The molecule has 27 heavy (non-hydrogen) atoms. The van der Waals surface area contributed by atoms with Crippen molar-refractivity contribution in [3.63, 3.8) is 0 Å². The summed E-state index contributed by atoms with van der Waals surface area (Å²) in [6, 6.07) is 11.8. The molecule has 1 aliphatic heterocycles. The summed E-state index contributed by atoms with van der Waals surface area (Å²) in [5, 5.41) is 10.8. The van der Waals surface area contributed by atoms with Crippen LogP contribution in [0.5, 0.6) is 0 Å². The first kappa shape index (κ1) is 19.3. The van der Waals surface area contributed by atoms with E-state index < -0.39 is 14.9 Å². The molecular weight excluding hydrogens is 394 g/mol. The minimum atomic E-state index is -3.60. The number of halogens is 1. The number of hydrogen-bond donors (Lipinski definition) is 0. The highest BCUT2D eigenvalue weighted by Crippen LogP contribution is 2.25. The number of nitro benzene ring substituents is 1. The average molecular weight is 410 g/mol. The highest BCUT2D eigenvalue weighted by atomic mass is 35.5. The molecule has 0 aromatic heterocycles. The maximum atomic E-state index is 12.6. The van der Waals surface area contributed by atoms with Gasteiger partial charge >= 0.3 is 0 Å². The van der Waals surface area contributed by atoms with Gasteiger partial charge in [-0.25, -0.2) is 8.42 Å². The Morgan fingerprint density at radius 3 is 2.22 bits per heavy atom. The average Bonchev–Trinajstić information content (AvgIpc) is 2.68. The van der Waals surface area contributed by atoms with Crippen molar-refractivity contribution in [2.45, 2.75) is 4.90 Å². The molecule has 2 aromatic rings.